The number of oxime groups is 1. The van der Waals surface area contributed by atoms with Crippen molar-refractivity contribution in [2.24, 2.45) is 11.1 Å². The second-order valence-electron chi connectivity index (χ2n) is 7.73. The van der Waals surface area contributed by atoms with Crippen LogP contribution in [0.25, 0.3) is 11.0 Å². The summed E-state index contributed by atoms with van der Waals surface area (Å²) in [5, 5.41) is 23.8. The van der Waals surface area contributed by atoms with Crippen molar-refractivity contribution in [3.63, 3.8) is 0 Å². The number of rotatable bonds is 7. The lowest BCUT2D eigenvalue weighted by Gasteiger charge is -2.13. The Labute approximate surface area is 169 Å². The fraction of sp³-hybridized carbons (Fsp3) is 0.333. The maximum absolute atomic E-state index is 11.8. The van der Waals surface area contributed by atoms with E-state index in [0.717, 1.165) is 41.6 Å². The molecule has 1 aromatic heterocycles. The first-order valence-electron chi connectivity index (χ1n) is 10.2. The van der Waals surface area contributed by atoms with Gasteiger partial charge in [0.25, 0.3) is 0 Å². The molecule has 2 aromatic carbocycles. The summed E-state index contributed by atoms with van der Waals surface area (Å²) in [6.45, 7) is 0. The van der Waals surface area contributed by atoms with Gasteiger partial charge in [-0.15, -0.1) is 0 Å². The maximum Gasteiger partial charge on any atom is 0.306 e. The Balaban J connectivity index is 1.53. The van der Waals surface area contributed by atoms with Gasteiger partial charge >= 0.3 is 5.97 Å². The van der Waals surface area contributed by atoms with Crippen LogP contribution >= 0.6 is 0 Å². The van der Waals surface area contributed by atoms with Gasteiger partial charge in [-0.05, 0) is 43.7 Å². The highest BCUT2D eigenvalue weighted by atomic mass is 16.4. The number of nitrogens with zero attached hydrogens (tertiary/aromatic N) is 1. The molecule has 5 heteroatoms. The van der Waals surface area contributed by atoms with E-state index in [1.54, 1.807) is 0 Å². The van der Waals surface area contributed by atoms with Crippen LogP contribution in [0.4, 0.5) is 0 Å². The second kappa shape index (κ2) is 8.52. The standard InChI is InChI=1S/C24H25NO4/c26-24(27)18(11-10-16-6-2-1-3-7-16)14-21(25-28)17-12-13-20-19-8-4-5-9-22(19)29-23(20)15-17/h1-3,6-7,12-13,15,18,28H,4-5,8-11,14H2,(H,26,27)/b25-21-. The fourth-order valence-electron chi connectivity index (χ4n) is 4.19. The molecule has 1 unspecified atom stereocenters. The van der Waals surface area contributed by atoms with Crippen LogP contribution in [-0.2, 0) is 24.1 Å². The van der Waals surface area contributed by atoms with Crippen LogP contribution in [0, 0.1) is 5.92 Å². The van der Waals surface area contributed by atoms with Crippen molar-refractivity contribution in [1.29, 1.82) is 0 Å². The van der Waals surface area contributed by atoms with Crippen LogP contribution in [0.2, 0.25) is 0 Å². The van der Waals surface area contributed by atoms with Crippen LogP contribution in [0.3, 0.4) is 0 Å². The van der Waals surface area contributed by atoms with E-state index in [4.69, 9.17) is 4.42 Å². The Morgan fingerprint density at radius 3 is 2.66 bits per heavy atom. The molecule has 0 saturated heterocycles. The van der Waals surface area contributed by atoms with E-state index in [9.17, 15) is 15.1 Å². The van der Waals surface area contributed by atoms with Crippen molar-refractivity contribution in [3.05, 3.63) is 71.0 Å². The first kappa shape index (κ1) is 19.2. The third-order valence-electron chi connectivity index (χ3n) is 5.82. The topological polar surface area (TPSA) is 83.0 Å². The minimum absolute atomic E-state index is 0.171. The Kier molecular flexibility index (Phi) is 5.65. The average molecular weight is 391 g/mol. The first-order chi connectivity index (χ1) is 14.2. The van der Waals surface area contributed by atoms with Gasteiger partial charge in [-0.25, -0.2) is 0 Å². The van der Waals surface area contributed by atoms with Gasteiger partial charge in [-0.2, -0.15) is 0 Å². The van der Waals surface area contributed by atoms with Crippen molar-refractivity contribution in [2.75, 3.05) is 0 Å². The normalized spacial score (nSPS) is 15.2. The first-order valence-corrected chi connectivity index (χ1v) is 10.2. The third kappa shape index (κ3) is 4.19. The zero-order chi connectivity index (χ0) is 20.2. The van der Waals surface area contributed by atoms with Gasteiger partial charge in [0.1, 0.15) is 11.3 Å². The quantitative estimate of drug-likeness (QED) is 0.329. The highest BCUT2D eigenvalue weighted by Crippen LogP contribution is 2.33. The Morgan fingerprint density at radius 1 is 1.10 bits per heavy atom. The van der Waals surface area contributed by atoms with Gasteiger partial charge in [0.05, 0.1) is 11.6 Å². The number of carbonyl (C=O) groups is 1. The highest BCUT2D eigenvalue weighted by molar-refractivity contribution is 6.04. The molecular formula is C24H25NO4. The summed E-state index contributed by atoms with van der Waals surface area (Å²) >= 11 is 0. The van der Waals surface area contributed by atoms with Crippen molar-refractivity contribution >= 4 is 22.7 Å². The molecule has 3 aromatic rings. The Hall–Kier alpha value is -3.08. The number of hydrogen-bond acceptors (Lipinski definition) is 4. The number of fused-ring (bicyclic) bond motifs is 3. The van der Waals surface area contributed by atoms with Crippen LogP contribution < -0.4 is 0 Å². The highest BCUT2D eigenvalue weighted by Gasteiger charge is 2.23. The van der Waals surface area contributed by atoms with Crippen molar-refractivity contribution < 1.29 is 19.5 Å². The summed E-state index contributed by atoms with van der Waals surface area (Å²) in [6, 6.07) is 15.6. The summed E-state index contributed by atoms with van der Waals surface area (Å²) < 4.78 is 6.03. The van der Waals surface area contributed by atoms with Crippen LogP contribution in [-0.4, -0.2) is 22.0 Å². The fourth-order valence-corrected chi connectivity index (χ4v) is 4.19. The molecule has 0 fully saturated rings. The monoisotopic (exact) mass is 391 g/mol. The van der Waals surface area contributed by atoms with E-state index in [-0.39, 0.29) is 6.42 Å². The molecule has 5 nitrogen and oxygen atoms in total. The largest absolute Gasteiger partial charge is 0.481 e. The number of aliphatic carboxylic acids is 1. The minimum Gasteiger partial charge on any atom is -0.481 e. The lowest BCUT2D eigenvalue weighted by molar-refractivity contribution is -0.141. The lowest BCUT2D eigenvalue weighted by atomic mass is 9.91. The van der Waals surface area contributed by atoms with Gasteiger partial charge in [0, 0.05) is 29.4 Å². The van der Waals surface area contributed by atoms with E-state index in [1.807, 2.05) is 48.5 Å². The number of carboxylic acids is 1. The smallest absolute Gasteiger partial charge is 0.306 e. The van der Waals surface area contributed by atoms with E-state index < -0.39 is 11.9 Å². The average Bonchev–Trinajstić information content (AvgIpc) is 3.12. The summed E-state index contributed by atoms with van der Waals surface area (Å²) in [4.78, 5) is 11.8. The van der Waals surface area contributed by atoms with E-state index in [2.05, 4.69) is 5.16 Å². The summed E-state index contributed by atoms with van der Waals surface area (Å²) in [5.41, 5.74) is 4.25. The molecule has 0 aliphatic heterocycles. The molecule has 1 aliphatic rings. The predicted molar refractivity (Wildman–Crippen MR) is 112 cm³/mol. The van der Waals surface area contributed by atoms with Crippen molar-refractivity contribution in [2.45, 2.75) is 44.9 Å². The van der Waals surface area contributed by atoms with Crippen LogP contribution in [0.5, 0.6) is 0 Å². The molecule has 0 bridgehead atoms. The molecule has 4 rings (SSSR count). The summed E-state index contributed by atoms with van der Waals surface area (Å²) in [7, 11) is 0. The molecule has 29 heavy (non-hydrogen) atoms. The Bertz CT molecular complexity index is 1040. The molecule has 0 spiro atoms. The van der Waals surface area contributed by atoms with Gasteiger partial charge in [0.2, 0.25) is 0 Å². The number of carboxylic acid groups (broad SMARTS) is 1. The van der Waals surface area contributed by atoms with Crippen molar-refractivity contribution in [1.82, 2.24) is 0 Å². The van der Waals surface area contributed by atoms with Gasteiger partial charge in [0.15, 0.2) is 0 Å². The summed E-state index contributed by atoms with van der Waals surface area (Å²) in [6.07, 6.45) is 5.63. The SMILES string of the molecule is O=C(O)C(CCc1ccccc1)C/C(=N/O)c1ccc2c3c(oc2c1)CCCC3. The molecule has 1 heterocycles. The van der Waals surface area contributed by atoms with Crippen LogP contribution in [0.15, 0.2) is 58.1 Å². The number of hydrogen-bond donors (Lipinski definition) is 2. The molecule has 0 radical (unpaired) electrons. The zero-order valence-corrected chi connectivity index (χ0v) is 16.3. The van der Waals surface area contributed by atoms with Gasteiger partial charge in [-0.1, -0.05) is 47.6 Å². The predicted octanol–water partition coefficient (Wildman–Crippen LogP) is 5.21. The molecule has 0 saturated carbocycles. The van der Waals surface area contributed by atoms with E-state index in [0.29, 0.717) is 24.1 Å². The van der Waals surface area contributed by atoms with Gasteiger partial charge in [-0.3, -0.25) is 4.79 Å². The van der Waals surface area contributed by atoms with Crippen molar-refractivity contribution in [3.8, 4) is 0 Å². The maximum atomic E-state index is 11.8. The molecular weight excluding hydrogens is 366 g/mol. The molecule has 1 atom stereocenters. The molecule has 0 amide bonds. The number of furan rings is 1. The third-order valence-corrected chi connectivity index (χ3v) is 5.82. The van der Waals surface area contributed by atoms with Crippen LogP contribution in [0.1, 0.15) is 48.1 Å². The Morgan fingerprint density at radius 2 is 1.90 bits per heavy atom. The van der Waals surface area contributed by atoms with E-state index >= 15 is 0 Å². The summed E-state index contributed by atoms with van der Waals surface area (Å²) in [5.74, 6) is -0.449. The van der Waals surface area contributed by atoms with Gasteiger partial charge < -0.3 is 14.7 Å². The molecule has 1 aliphatic carbocycles. The molecule has 2 N–H and O–H groups in total. The molecule has 150 valence electrons. The second-order valence-corrected chi connectivity index (χ2v) is 7.73. The number of benzene rings is 2. The van der Waals surface area contributed by atoms with E-state index in [1.165, 1.54) is 12.0 Å². The lowest BCUT2D eigenvalue weighted by Crippen LogP contribution is -2.19. The number of aryl methyl sites for hydroxylation is 3. The zero-order valence-electron chi connectivity index (χ0n) is 16.3. The minimum atomic E-state index is -0.878.